The van der Waals surface area contributed by atoms with Gasteiger partial charge in [-0.3, -0.25) is 9.89 Å². The molecule has 2 N–H and O–H groups in total. The van der Waals surface area contributed by atoms with Crippen LogP contribution in [0, 0.1) is 6.92 Å². The summed E-state index contributed by atoms with van der Waals surface area (Å²) < 4.78 is 5.75. The van der Waals surface area contributed by atoms with Crippen LogP contribution < -0.4 is 15.4 Å². The zero-order valence-corrected chi connectivity index (χ0v) is 15.6. The molecule has 24 heavy (non-hydrogen) atoms. The molecular weight excluding hydrogens is 300 g/mol. The molecule has 5 heteroatoms. The lowest BCUT2D eigenvalue weighted by molar-refractivity contribution is 0.267. The third kappa shape index (κ3) is 5.13. The third-order valence-electron chi connectivity index (χ3n) is 4.60. The normalized spacial score (nSPS) is 18.7. The van der Waals surface area contributed by atoms with Gasteiger partial charge in [0.15, 0.2) is 5.96 Å². The average molecular weight is 332 g/mol. The summed E-state index contributed by atoms with van der Waals surface area (Å²) in [4.78, 5) is 6.88. The van der Waals surface area contributed by atoms with Gasteiger partial charge in [-0.2, -0.15) is 0 Å². The molecule has 2 rings (SSSR count). The average Bonchev–Trinajstić information content (AvgIpc) is 3.04. The van der Waals surface area contributed by atoms with Gasteiger partial charge in [-0.1, -0.05) is 19.1 Å². The number of ether oxygens (including phenoxy) is 1. The monoisotopic (exact) mass is 332 g/mol. The molecule has 1 aliphatic heterocycles. The number of aryl methyl sites for hydroxylation is 1. The van der Waals surface area contributed by atoms with E-state index in [4.69, 9.17) is 4.74 Å². The summed E-state index contributed by atoms with van der Waals surface area (Å²) >= 11 is 0. The van der Waals surface area contributed by atoms with Crippen LogP contribution in [0.25, 0.3) is 0 Å². The highest BCUT2D eigenvalue weighted by molar-refractivity contribution is 5.79. The maximum atomic E-state index is 5.75. The Hall–Kier alpha value is -1.75. The zero-order valence-electron chi connectivity index (χ0n) is 15.6. The lowest BCUT2D eigenvalue weighted by Gasteiger charge is -2.24. The summed E-state index contributed by atoms with van der Waals surface area (Å²) in [5.74, 6) is 1.80. The van der Waals surface area contributed by atoms with Crippen LogP contribution in [0.5, 0.6) is 5.75 Å². The molecule has 5 nitrogen and oxygen atoms in total. The molecule has 1 aliphatic rings. The van der Waals surface area contributed by atoms with Gasteiger partial charge in [-0.05, 0) is 51.4 Å². The molecule has 0 amide bonds. The molecule has 134 valence electrons. The van der Waals surface area contributed by atoms with E-state index in [1.54, 1.807) is 0 Å². The summed E-state index contributed by atoms with van der Waals surface area (Å²) in [6.07, 6.45) is 2.57. The van der Waals surface area contributed by atoms with E-state index in [-0.39, 0.29) is 0 Å². The molecular formula is C19H32N4O. The van der Waals surface area contributed by atoms with Crippen LogP contribution in [0.15, 0.2) is 23.2 Å². The predicted molar refractivity (Wildman–Crippen MR) is 101 cm³/mol. The molecule has 0 spiro atoms. The summed E-state index contributed by atoms with van der Waals surface area (Å²) in [7, 11) is 1.82. The molecule has 1 atom stereocenters. The molecule has 1 unspecified atom stereocenters. The second kappa shape index (κ2) is 9.52. The van der Waals surface area contributed by atoms with Crippen molar-refractivity contribution in [3.05, 3.63) is 29.3 Å². The largest absolute Gasteiger partial charge is 0.494 e. The van der Waals surface area contributed by atoms with Crippen LogP contribution in [0.1, 0.15) is 37.8 Å². The number of hydrogen-bond donors (Lipinski definition) is 2. The number of aliphatic imine (C=N–C) groups is 1. The van der Waals surface area contributed by atoms with Crippen LogP contribution >= 0.6 is 0 Å². The first-order valence-corrected chi connectivity index (χ1v) is 9.08. The quantitative estimate of drug-likeness (QED) is 0.595. The van der Waals surface area contributed by atoms with Crippen LogP contribution in [0.2, 0.25) is 0 Å². The van der Waals surface area contributed by atoms with E-state index in [2.05, 4.69) is 52.6 Å². The topological polar surface area (TPSA) is 48.9 Å². The molecule has 0 aromatic heterocycles. The minimum absolute atomic E-state index is 0.618. The fourth-order valence-electron chi connectivity index (χ4n) is 3.25. The number of likely N-dealkylation sites (N-methyl/N-ethyl adjacent to an activating group) is 1. The standard InChI is InChI=1S/C19H32N4O/c1-5-23-11-7-8-17(23)14-22-19(20-4)21-13-16-10-9-15(3)12-18(16)24-6-2/h9-10,12,17H,5-8,11,13-14H2,1-4H3,(H2,20,21,22). The Morgan fingerprint density at radius 1 is 1.33 bits per heavy atom. The van der Waals surface area contributed by atoms with Crippen molar-refractivity contribution in [1.82, 2.24) is 15.5 Å². The number of nitrogens with one attached hydrogen (secondary N) is 2. The molecule has 0 aliphatic carbocycles. The van der Waals surface area contributed by atoms with Crippen LogP contribution in [0.3, 0.4) is 0 Å². The minimum Gasteiger partial charge on any atom is -0.494 e. The Bertz CT molecular complexity index is 544. The number of benzene rings is 1. The van der Waals surface area contributed by atoms with Gasteiger partial charge in [0.25, 0.3) is 0 Å². The Labute approximate surface area is 146 Å². The van der Waals surface area contributed by atoms with Crippen molar-refractivity contribution in [1.29, 1.82) is 0 Å². The maximum Gasteiger partial charge on any atom is 0.191 e. The fraction of sp³-hybridized carbons (Fsp3) is 0.632. The van der Waals surface area contributed by atoms with Gasteiger partial charge in [-0.15, -0.1) is 0 Å². The number of hydrogen-bond acceptors (Lipinski definition) is 3. The van der Waals surface area contributed by atoms with E-state index in [9.17, 15) is 0 Å². The molecule has 1 heterocycles. The van der Waals surface area contributed by atoms with E-state index in [1.807, 2.05) is 14.0 Å². The first-order valence-electron chi connectivity index (χ1n) is 9.08. The van der Waals surface area contributed by atoms with Crippen molar-refractivity contribution in [2.75, 3.05) is 33.3 Å². The molecule has 0 radical (unpaired) electrons. The highest BCUT2D eigenvalue weighted by Gasteiger charge is 2.22. The number of nitrogens with zero attached hydrogens (tertiary/aromatic N) is 2. The van der Waals surface area contributed by atoms with Crippen molar-refractivity contribution in [2.24, 2.45) is 4.99 Å². The second-order valence-electron chi connectivity index (χ2n) is 6.28. The molecule has 1 aromatic rings. The van der Waals surface area contributed by atoms with Gasteiger partial charge in [-0.25, -0.2) is 0 Å². The number of rotatable bonds is 7. The first-order chi connectivity index (χ1) is 11.7. The summed E-state index contributed by atoms with van der Waals surface area (Å²) in [6.45, 7) is 11.0. The number of likely N-dealkylation sites (tertiary alicyclic amines) is 1. The van der Waals surface area contributed by atoms with Gasteiger partial charge >= 0.3 is 0 Å². The van der Waals surface area contributed by atoms with Crippen LogP contribution in [-0.4, -0.2) is 50.2 Å². The van der Waals surface area contributed by atoms with E-state index in [0.717, 1.165) is 30.4 Å². The first kappa shape index (κ1) is 18.6. The summed E-state index contributed by atoms with van der Waals surface area (Å²) in [5, 5.41) is 6.87. The van der Waals surface area contributed by atoms with Gasteiger partial charge < -0.3 is 15.4 Å². The maximum absolute atomic E-state index is 5.75. The zero-order chi connectivity index (χ0) is 17.4. The highest BCUT2D eigenvalue weighted by Crippen LogP contribution is 2.20. The van der Waals surface area contributed by atoms with Crippen molar-refractivity contribution in [2.45, 2.75) is 46.2 Å². The van der Waals surface area contributed by atoms with Crippen molar-refractivity contribution in [3.63, 3.8) is 0 Å². The Morgan fingerprint density at radius 3 is 2.88 bits per heavy atom. The van der Waals surface area contributed by atoms with E-state index < -0.39 is 0 Å². The van der Waals surface area contributed by atoms with E-state index in [0.29, 0.717) is 19.2 Å². The molecule has 0 saturated carbocycles. The summed E-state index contributed by atoms with van der Waals surface area (Å²) in [5.41, 5.74) is 2.37. The van der Waals surface area contributed by atoms with Crippen LogP contribution in [0.4, 0.5) is 0 Å². The fourth-order valence-corrected chi connectivity index (χ4v) is 3.25. The Morgan fingerprint density at radius 2 is 2.17 bits per heavy atom. The van der Waals surface area contributed by atoms with E-state index in [1.165, 1.54) is 24.9 Å². The number of guanidine groups is 1. The van der Waals surface area contributed by atoms with Crippen LogP contribution in [-0.2, 0) is 6.54 Å². The van der Waals surface area contributed by atoms with Crippen molar-refractivity contribution < 1.29 is 4.74 Å². The molecule has 1 saturated heterocycles. The lowest BCUT2D eigenvalue weighted by Crippen LogP contribution is -2.44. The van der Waals surface area contributed by atoms with Crippen molar-refractivity contribution in [3.8, 4) is 5.75 Å². The Kier molecular flexibility index (Phi) is 7.37. The van der Waals surface area contributed by atoms with Gasteiger partial charge in [0.05, 0.1) is 6.61 Å². The van der Waals surface area contributed by atoms with E-state index >= 15 is 0 Å². The second-order valence-corrected chi connectivity index (χ2v) is 6.28. The third-order valence-corrected chi connectivity index (χ3v) is 4.60. The van der Waals surface area contributed by atoms with Gasteiger partial charge in [0, 0.05) is 31.7 Å². The molecule has 1 fully saturated rings. The highest BCUT2D eigenvalue weighted by atomic mass is 16.5. The SMILES string of the molecule is CCOc1cc(C)ccc1CNC(=NC)NCC1CCCN1CC. The van der Waals surface area contributed by atoms with Crippen molar-refractivity contribution >= 4 is 5.96 Å². The summed E-state index contributed by atoms with van der Waals surface area (Å²) in [6, 6.07) is 6.95. The molecule has 1 aromatic carbocycles. The smallest absolute Gasteiger partial charge is 0.191 e. The molecule has 0 bridgehead atoms. The van der Waals surface area contributed by atoms with Gasteiger partial charge in [0.2, 0.25) is 0 Å². The van der Waals surface area contributed by atoms with Gasteiger partial charge in [0.1, 0.15) is 5.75 Å². The Balaban J connectivity index is 1.87. The lowest BCUT2D eigenvalue weighted by atomic mass is 10.1. The minimum atomic E-state index is 0.618. The predicted octanol–water partition coefficient (Wildman–Crippen LogP) is 2.54.